The predicted octanol–water partition coefficient (Wildman–Crippen LogP) is 4.52. The number of halogens is 1. The van der Waals surface area contributed by atoms with E-state index in [1.807, 2.05) is 26.0 Å². The van der Waals surface area contributed by atoms with Gasteiger partial charge in [0, 0.05) is 18.0 Å². The van der Waals surface area contributed by atoms with Crippen molar-refractivity contribution in [1.82, 2.24) is 4.90 Å². The zero-order valence-electron chi connectivity index (χ0n) is 17.5. The number of rotatable bonds is 6. The number of carbonyl (C=O) groups is 2. The fourth-order valence-electron chi connectivity index (χ4n) is 3.76. The first kappa shape index (κ1) is 23.4. The van der Waals surface area contributed by atoms with Crippen LogP contribution in [0.5, 0.6) is 0 Å². The Kier molecular flexibility index (Phi) is 8.25. The summed E-state index contributed by atoms with van der Waals surface area (Å²) >= 11 is 1.51. The monoisotopic (exact) mass is 436 g/mol. The second-order valence-corrected chi connectivity index (χ2v) is 8.49. The molecule has 0 fully saturated rings. The zero-order chi connectivity index (χ0) is 20.3. The average Bonchev–Trinajstić information content (AvgIpc) is 3.00. The Bertz CT molecular complexity index is 894. The summed E-state index contributed by atoms with van der Waals surface area (Å²) in [6.07, 6.45) is 2.20. The van der Waals surface area contributed by atoms with Gasteiger partial charge in [-0.1, -0.05) is 30.7 Å². The molecule has 2 aromatic rings. The van der Waals surface area contributed by atoms with Crippen LogP contribution in [-0.4, -0.2) is 37.0 Å². The number of esters is 1. The molecule has 2 heterocycles. The van der Waals surface area contributed by atoms with E-state index in [1.165, 1.54) is 24.0 Å². The summed E-state index contributed by atoms with van der Waals surface area (Å²) in [6, 6.07) is 6.09. The summed E-state index contributed by atoms with van der Waals surface area (Å²) in [7, 11) is 1.39. The maximum atomic E-state index is 12.7. The van der Waals surface area contributed by atoms with Gasteiger partial charge in [0.05, 0.1) is 19.1 Å². The minimum atomic E-state index is -0.372. The van der Waals surface area contributed by atoms with E-state index in [0.717, 1.165) is 54.0 Å². The molecule has 29 heavy (non-hydrogen) atoms. The SMILES string of the molecule is CCCN1CCc2c(sc(NC(=O)Cc3ccc(C)cc3C)c2C(=O)OC)C1.Cl. The highest BCUT2D eigenvalue weighted by atomic mass is 35.5. The summed E-state index contributed by atoms with van der Waals surface area (Å²) < 4.78 is 5.01. The van der Waals surface area contributed by atoms with Crippen LogP contribution in [0.15, 0.2) is 18.2 Å². The van der Waals surface area contributed by atoms with Crippen LogP contribution in [0.4, 0.5) is 5.00 Å². The number of ether oxygens (including phenoxy) is 1. The van der Waals surface area contributed by atoms with Gasteiger partial charge in [0.2, 0.25) is 5.91 Å². The van der Waals surface area contributed by atoms with Gasteiger partial charge < -0.3 is 10.1 Å². The molecular weight excluding hydrogens is 408 g/mol. The molecule has 0 aliphatic carbocycles. The Hall–Kier alpha value is -1.89. The summed E-state index contributed by atoms with van der Waals surface area (Å²) in [5, 5.41) is 3.60. The molecule has 1 aliphatic rings. The number of fused-ring (bicyclic) bond motifs is 1. The van der Waals surface area contributed by atoms with E-state index in [1.54, 1.807) is 0 Å². The molecule has 0 unspecified atom stereocenters. The van der Waals surface area contributed by atoms with Crippen molar-refractivity contribution in [2.45, 2.75) is 46.6 Å². The van der Waals surface area contributed by atoms with Crippen LogP contribution >= 0.6 is 23.7 Å². The highest BCUT2D eigenvalue weighted by Gasteiger charge is 2.29. The minimum absolute atomic E-state index is 0. The zero-order valence-corrected chi connectivity index (χ0v) is 19.1. The molecule has 158 valence electrons. The number of carbonyl (C=O) groups excluding carboxylic acids is 2. The van der Waals surface area contributed by atoms with Gasteiger partial charge >= 0.3 is 5.97 Å². The van der Waals surface area contributed by atoms with E-state index >= 15 is 0 Å². The maximum absolute atomic E-state index is 12.7. The number of thiophene rings is 1. The third kappa shape index (κ3) is 5.38. The van der Waals surface area contributed by atoms with E-state index in [2.05, 4.69) is 23.2 Å². The van der Waals surface area contributed by atoms with Gasteiger partial charge in [0.25, 0.3) is 0 Å². The number of benzene rings is 1. The molecule has 1 amide bonds. The molecule has 0 bridgehead atoms. The van der Waals surface area contributed by atoms with Gasteiger partial charge in [-0.05, 0) is 49.9 Å². The fourth-order valence-corrected chi connectivity index (χ4v) is 5.05. The Morgan fingerprint density at radius 3 is 2.69 bits per heavy atom. The number of methoxy groups -OCH3 is 1. The second kappa shape index (κ2) is 10.2. The maximum Gasteiger partial charge on any atom is 0.341 e. The topological polar surface area (TPSA) is 58.6 Å². The molecule has 1 aromatic heterocycles. The molecule has 0 spiro atoms. The van der Waals surface area contributed by atoms with E-state index in [9.17, 15) is 9.59 Å². The van der Waals surface area contributed by atoms with Crippen LogP contribution in [0.3, 0.4) is 0 Å². The lowest BCUT2D eigenvalue weighted by atomic mass is 10.0. The van der Waals surface area contributed by atoms with Crippen molar-refractivity contribution in [2.24, 2.45) is 0 Å². The number of nitrogens with one attached hydrogen (secondary N) is 1. The third-order valence-corrected chi connectivity index (χ3v) is 6.30. The van der Waals surface area contributed by atoms with Crippen molar-refractivity contribution in [3.8, 4) is 0 Å². The molecule has 7 heteroatoms. The first-order chi connectivity index (χ1) is 13.4. The van der Waals surface area contributed by atoms with Crippen LogP contribution in [0.2, 0.25) is 0 Å². The molecular formula is C22H29ClN2O3S. The fraction of sp³-hybridized carbons (Fsp3) is 0.455. The first-order valence-electron chi connectivity index (χ1n) is 9.74. The lowest BCUT2D eigenvalue weighted by Gasteiger charge is -2.26. The Balaban J connectivity index is 0.00000300. The van der Waals surface area contributed by atoms with Crippen molar-refractivity contribution in [3.05, 3.63) is 50.9 Å². The molecule has 0 radical (unpaired) electrons. The average molecular weight is 437 g/mol. The Morgan fingerprint density at radius 1 is 1.28 bits per heavy atom. The van der Waals surface area contributed by atoms with Crippen molar-refractivity contribution in [3.63, 3.8) is 0 Å². The van der Waals surface area contributed by atoms with Gasteiger partial charge in [-0.2, -0.15) is 0 Å². The quantitative estimate of drug-likeness (QED) is 0.676. The third-order valence-electron chi connectivity index (χ3n) is 5.17. The van der Waals surface area contributed by atoms with E-state index in [-0.39, 0.29) is 30.7 Å². The smallest absolute Gasteiger partial charge is 0.341 e. The highest BCUT2D eigenvalue weighted by Crippen LogP contribution is 2.37. The molecule has 1 N–H and O–H groups in total. The minimum Gasteiger partial charge on any atom is -0.465 e. The first-order valence-corrected chi connectivity index (χ1v) is 10.6. The summed E-state index contributed by atoms with van der Waals surface area (Å²) in [5.41, 5.74) is 4.85. The largest absolute Gasteiger partial charge is 0.465 e. The molecule has 0 saturated heterocycles. The predicted molar refractivity (Wildman–Crippen MR) is 120 cm³/mol. The van der Waals surface area contributed by atoms with Crippen LogP contribution in [0, 0.1) is 13.8 Å². The van der Waals surface area contributed by atoms with Crippen molar-refractivity contribution in [2.75, 3.05) is 25.5 Å². The Labute approximate surface area is 182 Å². The summed E-state index contributed by atoms with van der Waals surface area (Å²) in [5.74, 6) is -0.482. The van der Waals surface area contributed by atoms with Crippen LogP contribution in [0.1, 0.15) is 50.8 Å². The molecule has 0 saturated carbocycles. The molecule has 5 nitrogen and oxygen atoms in total. The van der Waals surface area contributed by atoms with Crippen molar-refractivity contribution in [1.29, 1.82) is 0 Å². The van der Waals surface area contributed by atoms with Gasteiger partial charge in [0.15, 0.2) is 0 Å². The van der Waals surface area contributed by atoms with E-state index in [0.29, 0.717) is 10.6 Å². The number of aryl methyl sites for hydroxylation is 2. The lowest BCUT2D eigenvalue weighted by molar-refractivity contribution is -0.115. The van der Waals surface area contributed by atoms with Crippen LogP contribution in [-0.2, 0) is 28.9 Å². The number of anilines is 1. The lowest BCUT2D eigenvalue weighted by Crippen LogP contribution is -2.30. The Morgan fingerprint density at radius 2 is 2.03 bits per heavy atom. The molecule has 3 rings (SSSR count). The summed E-state index contributed by atoms with van der Waals surface area (Å²) in [6.45, 7) is 9.02. The number of nitrogens with zero attached hydrogens (tertiary/aromatic N) is 1. The van der Waals surface area contributed by atoms with Gasteiger partial charge in [-0.3, -0.25) is 9.69 Å². The molecule has 0 atom stereocenters. The van der Waals surface area contributed by atoms with Crippen LogP contribution in [0.25, 0.3) is 0 Å². The summed E-state index contributed by atoms with van der Waals surface area (Å²) in [4.78, 5) is 28.7. The number of hydrogen-bond donors (Lipinski definition) is 1. The van der Waals surface area contributed by atoms with E-state index < -0.39 is 0 Å². The van der Waals surface area contributed by atoms with Crippen LogP contribution < -0.4 is 5.32 Å². The van der Waals surface area contributed by atoms with Crippen molar-refractivity contribution >= 4 is 40.6 Å². The van der Waals surface area contributed by atoms with Gasteiger partial charge in [-0.15, -0.1) is 23.7 Å². The normalized spacial score (nSPS) is 13.4. The van der Waals surface area contributed by atoms with Gasteiger partial charge in [0.1, 0.15) is 5.00 Å². The van der Waals surface area contributed by atoms with Crippen molar-refractivity contribution < 1.29 is 14.3 Å². The number of hydrogen-bond acceptors (Lipinski definition) is 5. The second-order valence-electron chi connectivity index (χ2n) is 7.38. The molecule has 1 aromatic carbocycles. The highest BCUT2D eigenvalue weighted by molar-refractivity contribution is 7.17. The molecule has 1 aliphatic heterocycles. The van der Waals surface area contributed by atoms with Gasteiger partial charge in [-0.25, -0.2) is 4.79 Å². The number of amides is 1. The standard InChI is InChI=1S/C22H28N2O3S.ClH/c1-5-9-24-10-8-17-18(13-24)28-21(20(17)22(26)27-4)23-19(25)12-16-7-6-14(2)11-15(16)3;/h6-7,11H,5,8-10,12-13H2,1-4H3,(H,23,25);1H. The van der Waals surface area contributed by atoms with E-state index in [4.69, 9.17) is 4.74 Å².